The van der Waals surface area contributed by atoms with E-state index in [1.807, 2.05) is 13.0 Å². The van der Waals surface area contributed by atoms with Gasteiger partial charge in [0, 0.05) is 0 Å². The van der Waals surface area contributed by atoms with Crippen LogP contribution in [0.25, 0.3) is 0 Å². The molecular weight excluding hydrogens is 180 g/mol. The lowest BCUT2D eigenvalue weighted by Gasteiger charge is -2.09. The van der Waals surface area contributed by atoms with Crippen LogP contribution in [0.5, 0.6) is 5.75 Å². The summed E-state index contributed by atoms with van der Waals surface area (Å²) in [6.07, 6.45) is 1.07. The Labute approximate surface area is 83.0 Å². The molecule has 0 unspecified atom stereocenters. The summed E-state index contributed by atoms with van der Waals surface area (Å²) >= 11 is 0. The van der Waals surface area contributed by atoms with Crippen molar-refractivity contribution < 1.29 is 15.0 Å². The highest BCUT2D eigenvalue weighted by atomic mass is 16.4. The minimum absolute atomic E-state index is 0.183. The molecule has 0 aromatic heterocycles. The van der Waals surface area contributed by atoms with Crippen molar-refractivity contribution in [2.24, 2.45) is 5.92 Å². The quantitative estimate of drug-likeness (QED) is 0.771. The molecule has 0 saturated heterocycles. The number of carboxylic acids is 1. The molecule has 0 saturated carbocycles. The van der Waals surface area contributed by atoms with Crippen molar-refractivity contribution in [3.8, 4) is 5.75 Å². The molecule has 76 valence electrons. The van der Waals surface area contributed by atoms with Gasteiger partial charge in [-0.25, -0.2) is 0 Å². The Kier molecular flexibility index (Phi) is 3.51. The third-order valence-corrected chi connectivity index (χ3v) is 2.23. The molecule has 14 heavy (non-hydrogen) atoms. The molecule has 3 nitrogen and oxygen atoms in total. The zero-order chi connectivity index (χ0) is 10.6. The van der Waals surface area contributed by atoms with Gasteiger partial charge in [-0.3, -0.25) is 4.79 Å². The normalized spacial score (nSPS) is 12.4. The molecule has 0 aliphatic heterocycles. The van der Waals surface area contributed by atoms with Crippen molar-refractivity contribution in [1.82, 2.24) is 0 Å². The average Bonchev–Trinajstić information content (AvgIpc) is 2.14. The molecule has 1 rings (SSSR count). The van der Waals surface area contributed by atoms with Gasteiger partial charge in [-0.1, -0.05) is 19.1 Å². The Bertz CT molecular complexity index is 320. The van der Waals surface area contributed by atoms with Crippen LogP contribution in [0.3, 0.4) is 0 Å². The van der Waals surface area contributed by atoms with E-state index >= 15 is 0 Å². The largest absolute Gasteiger partial charge is 0.508 e. The average molecular weight is 194 g/mol. The second-order valence-corrected chi connectivity index (χ2v) is 3.32. The number of carbonyl (C=O) groups is 1. The van der Waals surface area contributed by atoms with Crippen molar-refractivity contribution in [2.75, 3.05) is 0 Å². The van der Waals surface area contributed by atoms with Crippen molar-refractivity contribution in [2.45, 2.75) is 19.8 Å². The molecule has 0 radical (unpaired) electrons. The van der Waals surface area contributed by atoms with Crippen LogP contribution in [0, 0.1) is 5.92 Å². The molecule has 0 bridgehead atoms. The van der Waals surface area contributed by atoms with E-state index in [0.717, 1.165) is 5.56 Å². The van der Waals surface area contributed by atoms with E-state index in [-0.39, 0.29) is 11.7 Å². The first kappa shape index (κ1) is 10.6. The number of aromatic hydroxyl groups is 1. The van der Waals surface area contributed by atoms with Gasteiger partial charge in [0.1, 0.15) is 5.75 Å². The maximum atomic E-state index is 10.8. The Morgan fingerprint density at radius 1 is 1.50 bits per heavy atom. The summed E-state index contributed by atoms with van der Waals surface area (Å²) in [4.78, 5) is 10.8. The van der Waals surface area contributed by atoms with Crippen molar-refractivity contribution in [3.63, 3.8) is 0 Å². The lowest BCUT2D eigenvalue weighted by atomic mass is 9.97. The summed E-state index contributed by atoms with van der Waals surface area (Å²) < 4.78 is 0. The number of benzene rings is 1. The standard InChI is InChI=1S/C11H14O3/c1-2-9(11(13)14)6-8-4-3-5-10(12)7-8/h3-5,7,9,12H,2,6H2,1H3,(H,13,14)/t9-/m0/s1. The number of rotatable bonds is 4. The first-order valence-corrected chi connectivity index (χ1v) is 4.64. The highest BCUT2D eigenvalue weighted by molar-refractivity contribution is 5.70. The predicted molar refractivity (Wildman–Crippen MR) is 53.2 cm³/mol. The molecule has 0 heterocycles. The molecule has 1 aromatic carbocycles. The molecular formula is C11H14O3. The maximum absolute atomic E-state index is 10.8. The van der Waals surface area contributed by atoms with Crippen LogP contribution in [-0.4, -0.2) is 16.2 Å². The Hall–Kier alpha value is -1.51. The van der Waals surface area contributed by atoms with Crippen molar-refractivity contribution in [1.29, 1.82) is 0 Å². The van der Waals surface area contributed by atoms with Crippen LogP contribution in [0.4, 0.5) is 0 Å². The second kappa shape index (κ2) is 4.65. The molecule has 0 spiro atoms. The molecule has 0 amide bonds. The highest BCUT2D eigenvalue weighted by Gasteiger charge is 2.15. The Balaban J connectivity index is 2.72. The van der Waals surface area contributed by atoms with E-state index in [0.29, 0.717) is 12.8 Å². The number of aliphatic carboxylic acids is 1. The summed E-state index contributed by atoms with van der Waals surface area (Å²) in [6.45, 7) is 1.85. The zero-order valence-corrected chi connectivity index (χ0v) is 8.10. The van der Waals surface area contributed by atoms with Crippen LogP contribution < -0.4 is 0 Å². The third-order valence-electron chi connectivity index (χ3n) is 2.23. The minimum atomic E-state index is -0.782. The molecule has 3 heteroatoms. The van der Waals surface area contributed by atoms with Gasteiger partial charge in [-0.2, -0.15) is 0 Å². The zero-order valence-electron chi connectivity index (χ0n) is 8.10. The first-order valence-electron chi connectivity index (χ1n) is 4.64. The van der Waals surface area contributed by atoms with Gasteiger partial charge in [0.25, 0.3) is 0 Å². The number of hydrogen-bond donors (Lipinski definition) is 2. The molecule has 0 fully saturated rings. The SMILES string of the molecule is CC[C@@H](Cc1cccc(O)c1)C(=O)O. The molecule has 0 aliphatic carbocycles. The maximum Gasteiger partial charge on any atom is 0.306 e. The second-order valence-electron chi connectivity index (χ2n) is 3.32. The summed E-state index contributed by atoms with van der Waals surface area (Å²) in [5, 5.41) is 18.0. The van der Waals surface area contributed by atoms with Gasteiger partial charge in [0.15, 0.2) is 0 Å². The third kappa shape index (κ3) is 2.76. The molecule has 1 atom stereocenters. The van der Waals surface area contributed by atoms with Crippen LogP contribution in [0.2, 0.25) is 0 Å². The topological polar surface area (TPSA) is 57.5 Å². The Morgan fingerprint density at radius 3 is 2.71 bits per heavy atom. The van der Waals surface area contributed by atoms with Gasteiger partial charge in [-0.05, 0) is 30.5 Å². The first-order chi connectivity index (χ1) is 6.63. The summed E-state index contributed by atoms with van der Waals surface area (Å²) in [7, 11) is 0. The summed E-state index contributed by atoms with van der Waals surface area (Å²) in [5.41, 5.74) is 0.860. The monoisotopic (exact) mass is 194 g/mol. The number of carboxylic acid groups (broad SMARTS) is 1. The van der Waals surface area contributed by atoms with E-state index in [9.17, 15) is 9.90 Å². The van der Waals surface area contributed by atoms with Crippen LogP contribution in [-0.2, 0) is 11.2 Å². The fourth-order valence-electron chi connectivity index (χ4n) is 1.37. The van der Waals surface area contributed by atoms with Crippen LogP contribution in [0.1, 0.15) is 18.9 Å². The van der Waals surface area contributed by atoms with Gasteiger partial charge < -0.3 is 10.2 Å². The predicted octanol–water partition coefficient (Wildman–Crippen LogP) is 2.05. The lowest BCUT2D eigenvalue weighted by Crippen LogP contribution is -2.15. The summed E-state index contributed by atoms with van der Waals surface area (Å²) in [5.74, 6) is -0.963. The van der Waals surface area contributed by atoms with Gasteiger partial charge in [0.05, 0.1) is 5.92 Å². The fraction of sp³-hybridized carbons (Fsp3) is 0.364. The van der Waals surface area contributed by atoms with E-state index < -0.39 is 5.97 Å². The smallest absolute Gasteiger partial charge is 0.306 e. The van der Waals surface area contributed by atoms with E-state index in [1.54, 1.807) is 18.2 Å². The van der Waals surface area contributed by atoms with Gasteiger partial charge in [-0.15, -0.1) is 0 Å². The van der Waals surface area contributed by atoms with E-state index in [1.165, 1.54) is 0 Å². The minimum Gasteiger partial charge on any atom is -0.508 e. The number of phenols is 1. The van der Waals surface area contributed by atoms with Gasteiger partial charge in [0.2, 0.25) is 0 Å². The van der Waals surface area contributed by atoms with E-state index in [4.69, 9.17) is 5.11 Å². The van der Waals surface area contributed by atoms with Crippen LogP contribution >= 0.6 is 0 Å². The molecule has 0 aliphatic rings. The Morgan fingerprint density at radius 2 is 2.21 bits per heavy atom. The lowest BCUT2D eigenvalue weighted by molar-refractivity contribution is -0.141. The fourth-order valence-corrected chi connectivity index (χ4v) is 1.37. The number of phenolic OH excluding ortho intramolecular Hbond substituents is 1. The van der Waals surface area contributed by atoms with Crippen LogP contribution in [0.15, 0.2) is 24.3 Å². The van der Waals surface area contributed by atoms with Gasteiger partial charge >= 0.3 is 5.97 Å². The molecule has 2 N–H and O–H groups in total. The van der Waals surface area contributed by atoms with E-state index in [2.05, 4.69) is 0 Å². The summed E-state index contributed by atoms with van der Waals surface area (Å²) in [6, 6.07) is 6.72. The molecule has 1 aromatic rings. The number of hydrogen-bond acceptors (Lipinski definition) is 2. The highest BCUT2D eigenvalue weighted by Crippen LogP contribution is 2.16. The van der Waals surface area contributed by atoms with Crippen molar-refractivity contribution in [3.05, 3.63) is 29.8 Å². The van der Waals surface area contributed by atoms with Crippen molar-refractivity contribution >= 4 is 5.97 Å².